The molecule has 1 atom stereocenters. The number of halogens is 1. The molecule has 2 aromatic rings. The van der Waals surface area contributed by atoms with Crippen molar-refractivity contribution in [2.24, 2.45) is 7.05 Å². The number of aromatic nitrogens is 2. The smallest absolute Gasteiger partial charge is 0.293 e. The molecular formula is C14H16BrN3O. The Morgan fingerprint density at radius 3 is 2.89 bits per heavy atom. The lowest BCUT2D eigenvalue weighted by Crippen LogP contribution is -2.27. The van der Waals surface area contributed by atoms with Gasteiger partial charge in [0.1, 0.15) is 0 Å². The Labute approximate surface area is 120 Å². The van der Waals surface area contributed by atoms with E-state index in [1.54, 1.807) is 19.4 Å². The number of hydrogen-bond acceptors (Lipinski definition) is 3. The summed E-state index contributed by atoms with van der Waals surface area (Å²) in [6.07, 6.45) is 4.09. The Morgan fingerprint density at radius 1 is 1.42 bits per heavy atom. The lowest BCUT2D eigenvalue weighted by molar-refractivity contribution is 0.765. The van der Waals surface area contributed by atoms with Gasteiger partial charge < -0.3 is 9.88 Å². The van der Waals surface area contributed by atoms with Gasteiger partial charge in [-0.1, -0.05) is 34.1 Å². The standard InChI is InChI=1S/C14H16BrN3O/c1-10(9-11-5-3-4-6-12(11)15)17-13-14(19)18(2)8-7-16-13/h3-8,10H,9H2,1-2H3,(H,16,17)/t10-/m1/s1. The largest absolute Gasteiger partial charge is 0.363 e. The van der Waals surface area contributed by atoms with Crippen molar-refractivity contribution < 1.29 is 0 Å². The van der Waals surface area contributed by atoms with Gasteiger partial charge in [0, 0.05) is 30.0 Å². The summed E-state index contributed by atoms with van der Waals surface area (Å²) >= 11 is 3.53. The molecule has 0 saturated heterocycles. The van der Waals surface area contributed by atoms with E-state index in [9.17, 15) is 4.79 Å². The Hall–Kier alpha value is -1.62. The first kappa shape index (κ1) is 13.8. The average Bonchev–Trinajstić information content (AvgIpc) is 2.38. The van der Waals surface area contributed by atoms with E-state index in [1.807, 2.05) is 25.1 Å². The van der Waals surface area contributed by atoms with Crippen molar-refractivity contribution in [1.29, 1.82) is 0 Å². The first-order chi connectivity index (χ1) is 9.08. The second-order valence-corrected chi connectivity index (χ2v) is 5.39. The maximum absolute atomic E-state index is 11.9. The Kier molecular flexibility index (Phi) is 4.37. The predicted octanol–water partition coefficient (Wildman–Crippen LogP) is 2.59. The van der Waals surface area contributed by atoms with E-state index in [1.165, 1.54) is 10.1 Å². The van der Waals surface area contributed by atoms with Crippen molar-refractivity contribution >= 4 is 21.7 Å². The normalized spacial score (nSPS) is 12.2. The van der Waals surface area contributed by atoms with E-state index in [2.05, 4.69) is 32.3 Å². The molecule has 2 rings (SSSR count). The molecule has 0 aliphatic rings. The maximum Gasteiger partial charge on any atom is 0.293 e. The van der Waals surface area contributed by atoms with Gasteiger partial charge in [0.25, 0.3) is 5.56 Å². The van der Waals surface area contributed by atoms with E-state index >= 15 is 0 Å². The van der Waals surface area contributed by atoms with Crippen LogP contribution >= 0.6 is 15.9 Å². The molecule has 0 spiro atoms. The van der Waals surface area contributed by atoms with E-state index in [0.29, 0.717) is 5.82 Å². The lowest BCUT2D eigenvalue weighted by Gasteiger charge is -2.15. The summed E-state index contributed by atoms with van der Waals surface area (Å²) in [5.41, 5.74) is 1.09. The zero-order valence-electron chi connectivity index (χ0n) is 10.9. The SMILES string of the molecule is C[C@H](Cc1ccccc1Br)Nc1nccn(C)c1=O. The van der Waals surface area contributed by atoms with Crippen LogP contribution in [0, 0.1) is 0 Å². The van der Waals surface area contributed by atoms with Crippen molar-refractivity contribution in [3.05, 3.63) is 57.0 Å². The molecule has 1 heterocycles. The Morgan fingerprint density at radius 2 is 2.16 bits per heavy atom. The van der Waals surface area contributed by atoms with Crippen LogP contribution in [0.5, 0.6) is 0 Å². The molecule has 1 aromatic heterocycles. The quantitative estimate of drug-likeness (QED) is 0.941. The van der Waals surface area contributed by atoms with E-state index < -0.39 is 0 Å². The van der Waals surface area contributed by atoms with Crippen molar-refractivity contribution in [2.45, 2.75) is 19.4 Å². The molecule has 0 fully saturated rings. The Balaban J connectivity index is 2.10. The van der Waals surface area contributed by atoms with E-state index in [0.717, 1.165) is 10.9 Å². The summed E-state index contributed by atoms with van der Waals surface area (Å²) in [5, 5.41) is 3.16. The number of anilines is 1. The molecule has 0 aliphatic carbocycles. The number of nitrogens with one attached hydrogen (secondary N) is 1. The molecular weight excluding hydrogens is 306 g/mol. The van der Waals surface area contributed by atoms with Crippen LogP contribution in [0.25, 0.3) is 0 Å². The monoisotopic (exact) mass is 321 g/mol. The third kappa shape index (κ3) is 3.44. The van der Waals surface area contributed by atoms with Gasteiger partial charge in [-0.05, 0) is 25.0 Å². The summed E-state index contributed by atoms with van der Waals surface area (Å²) in [5.74, 6) is 0.393. The van der Waals surface area contributed by atoms with Crippen LogP contribution in [0.15, 0.2) is 45.9 Å². The molecule has 0 radical (unpaired) electrons. The third-order valence-electron chi connectivity index (χ3n) is 2.88. The van der Waals surface area contributed by atoms with Gasteiger partial charge in [-0.25, -0.2) is 4.98 Å². The third-order valence-corrected chi connectivity index (χ3v) is 3.66. The maximum atomic E-state index is 11.9. The van der Waals surface area contributed by atoms with Crippen molar-refractivity contribution in [1.82, 2.24) is 9.55 Å². The summed E-state index contributed by atoms with van der Waals surface area (Å²) in [4.78, 5) is 15.9. The molecule has 19 heavy (non-hydrogen) atoms. The van der Waals surface area contributed by atoms with Crippen molar-refractivity contribution in [2.75, 3.05) is 5.32 Å². The van der Waals surface area contributed by atoms with Crippen LogP contribution in [0.2, 0.25) is 0 Å². The number of aryl methyl sites for hydroxylation is 1. The first-order valence-electron chi connectivity index (χ1n) is 6.09. The van der Waals surface area contributed by atoms with Crippen LogP contribution in [0.1, 0.15) is 12.5 Å². The number of rotatable bonds is 4. The minimum Gasteiger partial charge on any atom is -0.363 e. The predicted molar refractivity (Wildman–Crippen MR) is 80.4 cm³/mol. The van der Waals surface area contributed by atoms with Gasteiger partial charge in [0.2, 0.25) is 0 Å². The number of benzene rings is 1. The van der Waals surface area contributed by atoms with Crippen LogP contribution < -0.4 is 10.9 Å². The van der Waals surface area contributed by atoms with Gasteiger partial charge in [-0.2, -0.15) is 0 Å². The van der Waals surface area contributed by atoms with Crippen LogP contribution in [0.4, 0.5) is 5.82 Å². The van der Waals surface area contributed by atoms with Crippen LogP contribution in [0.3, 0.4) is 0 Å². The molecule has 5 heteroatoms. The summed E-state index contributed by atoms with van der Waals surface area (Å²) in [6.45, 7) is 2.04. The van der Waals surface area contributed by atoms with Gasteiger partial charge >= 0.3 is 0 Å². The summed E-state index contributed by atoms with van der Waals surface area (Å²) < 4.78 is 2.60. The molecule has 0 saturated carbocycles. The fourth-order valence-electron chi connectivity index (χ4n) is 1.88. The lowest BCUT2D eigenvalue weighted by atomic mass is 10.1. The minimum absolute atomic E-state index is 0.110. The Bertz CT molecular complexity index is 624. The highest BCUT2D eigenvalue weighted by Crippen LogP contribution is 2.18. The first-order valence-corrected chi connectivity index (χ1v) is 6.89. The fourth-order valence-corrected chi connectivity index (χ4v) is 2.32. The minimum atomic E-state index is -0.110. The fraction of sp³-hybridized carbons (Fsp3) is 0.286. The van der Waals surface area contributed by atoms with Crippen LogP contribution in [-0.2, 0) is 13.5 Å². The topological polar surface area (TPSA) is 46.9 Å². The van der Waals surface area contributed by atoms with E-state index in [-0.39, 0.29) is 11.6 Å². The zero-order valence-corrected chi connectivity index (χ0v) is 12.5. The van der Waals surface area contributed by atoms with Gasteiger partial charge in [-0.15, -0.1) is 0 Å². The molecule has 0 bridgehead atoms. The molecule has 0 unspecified atom stereocenters. The van der Waals surface area contributed by atoms with Crippen molar-refractivity contribution in [3.8, 4) is 0 Å². The molecule has 1 N–H and O–H groups in total. The second-order valence-electron chi connectivity index (χ2n) is 4.53. The van der Waals surface area contributed by atoms with Gasteiger partial charge in [0.15, 0.2) is 5.82 Å². The van der Waals surface area contributed by atoms with Crippen LogP contribution in [-0.4, -0.2) is 15.6 Å². The highest BCUT2D eigenvalue weighted by atomic mass is 79.9. The average molecular weight is 322 g/mol. The number of hydrogen-bond donors (Lipinski definition) is 1. The van der Waals surface area contributed by atoms with Gasteiger partial charge in [0.05, 0.1) is 0 Å². The zero-order chi connectivity index (χ0) is 13.8. The van der Waals surface area contributed by atoms with Gasteiger partial charge in [-0.3, -0.25) is 4.79 Å². The number of nitrogens with zero attached hydrogens (tertiary/aromatic N) is 2. The molecule has 100 valence electrons. The summed E-state index contributed by atoms with van der Waals surface area (Å²) in [6, 6.07) is 8.20. The highest BCUT2D eigenvalue weighted by molar-refractivity contribution is 9.10. The molecule has 4 nitrogen and oxygen atoms in total. The molecule has 0 amide bonds. The summed E-state index contributed by atoms with van der Waals surface area (Å²) in [7, 11) is 1.72. The highest BCUT2D eigenvalue weighted by Gasteiger charge is 2.09. The second kappa shape index (κ2) is 6.02. The molecule has 1 aromatic carbocycles. The molecule has 0 aliphatic heterocycles. The van der Waals surface area contributed by atoms with E-state index in [4.69, 9.17) is 0 Å². The van der Waals surface area contributed by atoms with Crippen molar-refractivity contribution in [3.63, 3.8) is 0 Å².